The van der Waals surface area contributed by atoms with Crippen molar-refractivity contribution < 1.29 is 18.3 Å². The summed E-state index contributed by atoms with van der Waals surface area (Å²) in [5, 5.41) is 0. The van der Waals surface area contributed by atoms with Crippen LogP contribution in [0.2, 0.25) is 0 Å². The maximum Gasteiger partial charge on any atom is 0.246 e. The Kier molecular flexibility index (Phi) is 7.43. The molecule has 0 bridgehead atoms. The van der Waals surface area contributed by atoms with Gasteiger partial charge >= 0.3 is 0 Å². The summed E-state index contributed by atoms with van der Waals surface area (Å²) in [5.74, 6) is -0.116. The van der Waals surface area contributed by atoms with E-state index in [0.717, 1.165) is 29.6 Å². The summed E-state index contributed by atoms with van der Waals surface area (Å²) in [6, 6.07) is 7.22. The quantitative estimate of drug-likeness (QED) is 0.347. The zero-order chi connectivity index (χ0) is 26.0. The average Bonchev–Trinajstić information content (AvgIpc) is 3.09. The van der Waals surface area contributed by atoms with E-state index >= 15 is 0 Å². The van der Waals surface area contributed by atoms with Crippen LogP contribution in [0.3, 0.4) is 0 Å². The third-order valence-electron chi connectivity index (χ3n) is 6.82. The Morgan fingerprint density at radius 1 is 1.08 bits per heavy atom. The van der Waals surface area contributed by atoms with E-state index < -0.39 is 11.6 Å². The molecule has 1 fully saturated rings. The molecule has 2 aliphatic heterocycles. The van der Waals surface area contributed by atoms with Crippen molar-refractivity contribution in [1.29, 1.82) is 0 Å². The number of fused-ring (bicyclic) bond motifs is 1. The minimum atomic E-state index is -0.655. The van der Waals surface area contributed by atoms with Crippen LogP contribution in [-0.2, 0) is 4.79 Å². The van der Waals surface area contributed by atoms with Gasteiger partial charge in [-0.3, -0.25) is 9.79 Å². The monoisotopic (exact) mass is 494 g/mol. The normalized spacial score (nSPS) is 20.4. The average molecular weight is 495 g/mol. The Morgan fingerprint density at radius 3 is 2.44 bits per heavy atom. The number of aliphatic imine (C=N–C) groups is 1. The first-order valence-electron chi connectivity index (χ1n) is 12.1. The lowest BCUT2D eigenvalue weighted by Crippen LogP contribution is -2.59. The summed E-state index contributed by atoms with van der Waals surface area (Å²) >= 11 is 0. The second-order valence-electron chi connectivity index (χ2n) is 9.13. The number of amidine groups is 1. The summed E-state index contributed by atoms with van der Waals surface area (Å²) in [6.07, 6.45) is 3.84. The lowest BCUT2D eigenvalue weighted by atomic mass is 9.97. The summed E-state index contributed by atoms with van der Waals surface area (Å²) in [6.45, 7) is 13.9. The molecule has 4 rings (SSSR count). The summed E-state index contributed by atoms with van der Waals surface area (Å²) in [4.78, 5) is 23.0. The Hall–Kier alpha value is -3.68. The minimum absolute atomic E-state index is 0.00227. The largest absolute Gasteiger partial charge is 0.491 e. The van der Waals surface area contributed by atoms with E-state index in [1.54, 1.807) is 19.3 Å². The van der Waals surface area contributed by atoms with E-state index in [4.69, 9.17) is 4.74 Å². The van der Waals surface area contributed by atoms with Crippen LogP contribution >= 0.6 is 0 Å². The van der Waals surface area contributed by atoms with Gasteiger partial charge in [0.25, 0.3) is 0 Å². The van der Waals surface area contributed by atoms with E-state index in [0.29, 0.717) is 37.6 Å². The zero-order valence-electron chi connectivity index (χ0n) is 21.0. The minimum Gasteiger partial charge on any atom is -0.491 e. The first-order chi connectivity index (χ1) is 17.3. The molecule has 1 saturated heterocycles. The number of halogens is 2. The molecule has 2 atom stereocenters. The van der Waals surface area contributed by atoms with Gasteiger partial charge in [-0.05, 0) is 56.8 Å². The number of carbonyl (C=O) groups is 1. The molecule has 2 aromatic carbocycles. The van der Waals surface area contributed by atoms with Crippen molar-refractivity contribution >= 4 is 17.4 Å². The molecule has 2 aromatic rings. The molecule has 0 saturated carbocycles. The van der Waals surface area contributed by atoms with Crippen LogP contribution in [0.15, 0.2) is 60.8 Å². The number of piperazine rings is 1. The van der Waals surface area contributed by atoms with E-state index in [1.807, 2.05) is 22.8 Å². The molecule has 36 heavy (non-hydrogen) atoms. The molecule has 0 aromatic heterocycles. The highest BCUT2D eigenvalue weighted by molar-refractivity contribution is 6.07. The highest BCUT2D eigenvalue weighted by Gasteiger charge is 2.35. The highest BCUT2D eigenvalue weighted by atomic mass is 19.1. The van der Waals surface area contributed by atoms with Gasteiger partial charge in [0.15, 0.2) is 5.75 Å². The maximum atomic E-state index is 14.8. The van der Waals surface area contributed by atoms with Crippen molar-refractivity contribution in [2.75, 3.05) is 38.2 Å². The first-order valence-corrected chi connectivity index (χ1v) is 12.1. The fourth-order valence-corrected chi connectivity index (χ4v) is 5.06. The Morgan fingerprint density at radius 2 is 1.78 bits per heavy atom. The summed E-state index contributed by atoms with van der Waals surface area (Å²) in [7, 11) is 1.74. The molecule has 6 nitrogen and oxygen atoms in total. The molecule has 0 radical (unpaired) electrons. The lowest BCUT2D eigenvalue weighted by molar-refractivity contribution is -0.130. The number of hydrogen-bond acceptors (Lipinski definition) is 4. The van der Waals surface area contributed by atoms with Crippen LogP contribution < -0.4 is 9.64 Å². The number of hydrogen-bond donors (Lipinski definition) is 0. The van der Waals surface area contributed by atoms with Gasteiger partial charge in [0.05, 0.1) is 12.3 Å². The van der Waals surface area contributed by atoms with Crippen molar-refractivity contribution in [3.8, 4) is 16.9 Å². The second-order valence-corrected chi connectivity index (χ2v) is 9.13. The van der Waals surface area contributed by atoms with E-state index in [-0.39, 0.29) is 23.6 Å². The van der Waals surface area contributed by atoms with Crippen LogP contribution in [-0.4, -0.2) is 66.9 Å². The smallest absolute Gasteiger partial charge is 0.246 e. The summed E-state index contributed by atoms with van der Waals surface area (Å²) in [5.41, 5.74) is 2.37. The Labute approximate surface area is 211 Å². The van der Waals surface area contributed by atoms with Gasteiger partial charge in [-0.1, -0.05) is 13.2 Å². The predicted octanol–water partition coefficient (Wildman–Crippen LogP) is 4.85. The molecule has 1 amide bonds. The number of benzene rings is 2. The lowest BCUT2D eigenvalue weighted by Gasteiger charge is -2.45. The standard InChI is InChI=1S/C28H32F2N4O2/c1-6-25(35)33-16-19(4)34(17-18(33)3)28(31-5)23-12-11-22(21-10-9-20(29)15-24(21)30)27-26(23)32(7-2)13-8-14-36-27/h6-7,9-12,15,18-19H,1-2,8,13-14,16-17H2,3-5H3/t18-,19?/m1/s1. The van der Waals surface area contributed by atoms with Crippen LogP contribution in [0.5, 0.6) is 5.75 Å². The SMILES string of the molecule is C=CC(=O)N1CC(C)N(C(=NC)c2ccc(-c3ccc(F)cc3F)c3c2N(C=C)CCCO3)C[C@H]1C. The fourth-order valence-electron chi connectivity index (χ4n) is 5.06. The van der Waals surface area contributed by atoms with Gasteiger partial charge < -0.3 is 19.4 Å². The maximum absolute atomic E-state index is 14.8. The molecule has 0 N–H and O–H groups in total. The second kappa shape index (κ2) is 10.5. The molecule has 8 heteroatoms. The molecular weight excluding hydrogens is 462 g/mol. The Balaban J connectivity index is 1.84. The van der Waals surface area contributed by atoms with Crippen LogP contribution in [0.1, 0.15) is 25.8 Å². The molecule has 1 unspecified atom stereocenters. The zero-order valence-corrected chi connectivity index (χ0v) is 21.0. The molecule has 0 spiro atoms. The molecular formula is C28H32F2N4O2. The van der Waals surface area contributed by atoms with E-state index in [9.17, 15) is 13.6 Å². The van der Waals surface area contributed by atoms with Crippen molar-refractivity contribution in [3.63, 3.8) is 0 Å². The van der Waals surface area contributed by atoms with Gasteiger partial charge in [0, 0.05) is 61.5 Å². The molecule has 0 aliphatic carbocycles. The van der Waals surface area contributed by atoms with Gasteiger partial charge in [0.1, 0.15) is 17.5 Å². The molecule has 2 aliphatic rings. The number of carbonyl (C=O) groups excluding carboxylic acids is 1. The van der Waals surface area contributed by atoms with E-state index in [1.165, 1.54) is 18.2 Å². The first kappa shape index (κ1) is 25.4. The van der Waals surface area contributed by atoms with E-state index in [2.05, 4.69) is 30.0 Å². The molecule has 190 valence electrons. The van der Waals surface area contributed by atoms with Gasteiger partial charge in [-0.2, -0.15) is 0 Å². The topological polar surface area (TPSA) is 48.4 Å². The summed E-state index contributed by atoms with van der Waals surface area (Å²) < 4.78 is 34.7. The van der Waals surface area contributed by atoms with Crippen molar-refractivity contribution in [2.45, 2.75) is 32.4 Å². The third-order valence-corrected chi connectivity index (χ3v) is 6.82. The highest BCUT2D eigenvalue weighted by Crippen LogP contribution is 2.44. The number of nitrogens with zero attached hydrogens (tertiary/aromatic N) is 4. The number of amides is 1. The van der Waals surface area contributed by atoms with Gasteiger partial charge in [-0.25, -0.2) is 8.78 Å². The van der Waals surface area contributed by atoms with Crippen LogP contribution in [0.4, 0.5) is 14.5 Å². The molecule has 2 heterocycles. The number of anilines is 1. The Bertz CT molecular complexity index is 1210. The number of ether oxygens (including phenoxy) is 1. The predicted molar refractivity (Wildman–Crippen MR) is 139 cm³/mol. The van der Waals surface area contributed by atoms with Gasteiger partial charge in [-0.15, -0.1) is 0 Å². The van der Waals surface area contributed by atoms with Crippen molar-refractivity contribution in [1.82, 2.24) is 9.80 Å². The van der Waals surface area contributed by atoms with Crippen molar-refractivity contribution in [3.05, 3.63) is 73.0 Å². The van der Waals surface area contributed by atoms with Crippen LogP contribution in [0.25, 0.3) is 11.1 Å². The number of rotatable bonds is 4. The third kappa shape index (κ3) is 4.59. The van der Waals surface area contributed by atoms with Crippen molar-refractivity contribution in [2.24, 2.45) is 4.99 Å². The van der Waals surface area contributed by atoms with Gasteiger partial charge in [0.2, 0.25) is 5.91 Å². The van der Waals surface area contributed by atoms with Crippen LogP contribution in [0, 0.1) is 11.6 Å². The fraction of sp³-hybridized carbons (Fsp3) is 0.357.